The molecule has 2 amide bonds. The molecule has 1 fully saturated rings. The monoisotopic (exact) mass is 397 g/mol. The minimum Gasteiger partial charge on any atom is -0.484 e. The second-order valence-corrected chi connectivity index (χ2v) is 8.09. The maximum Gasteiger partial charge on any atom is 0.258 e. The van der Waals surface area contributed by atoms with Crippen LogP contribution in [0.25, 0.3) is 0 Å². The smallest absolute Gasteiger partial charge is 0.258 e. The van der Waals surface area contributed by atoms with Gasteiger partial charge in [-0.1, -0.05) is 12.1 Å². The molecule has 1 spiro atoms. The molecule has 29 heavy (non-hydrogen) atoms. The second-order valence-electron chi connectivity index (χ2n) is 8.09. The normalized spacial score (nSPS) is 18.9. The number of anilines is 1. The van der Waals surface area contributed by atoms with Crippen LogP contribution in [0.4, 0.5) is 5.82 Å². The van der Waals surface area contributed by atoms with Gasteiger partial charge in [-0.05, 0) is 26.1 Å². The van der Waals surface area contributed by atoms with Gasteiger partial charge in [-0.25, -0.2) is 0 Å². The number of benzene rings is 1. The summed E-state index contributed by atoms with van der Waals surface area (Å²) in [4.78, 5) is 29.8. The van der Waals surface area contributed by atoms with E-state index >= 15 is 0 Å². The van der Waals surface area contributed by atoms with Gasteiger partial charge in [0.2, 0.25) is 5.91 Å². The van der Waals surface area contributed by atoms with E-state index in [9.17, 15) is 9.59 Å². The van der Waals surface area contributed by atoms with E-state index in [1.807, 2.05) is 32.2 Å². The lowest BCUT2D eigenvalue weighted by atomic mass is 9.90. The van der Waals surface area contributed by atoms with Crippen molar-refractivity contribution in [3.8, 4) is 5.75 Å². The summed E-state index contributed by atoms with van der Waals surface area (Å²) in [7, 11) is 3.91. The van der Waals surface area contributed by atoms with Gasteiger partial charge in [-0.2, -0.15) is 5.10 Å². The van der Waals surface area contributed by atoms with Gasteiger partial charge in [0.1, 0.15) is 17.9 Å². The molecule has 8 nitrogen and oxygen atoms in total. The number of ether oxygens (including phenoxy) is 1. The fraction of sp³-hybridized carbons (Fsp3) is 0.476. The van der Waals surface area contributed by atoms with E-state index in [-0.39, 0.29) is 18.4 Å². The van der Waals surface area contributed by atoms with Crippen LogP contribution in [0.3, 0.4) is 0 Å². The van der Waals surface area contributed by atoms with Crippen molar-refractivity contribution >= 4 is 17.6 Å². The van der Waals surface area contributed by atoms with E-state index in [1.165, 1.54) is 0 Å². The summed E-state index contributed by atoms with van der Waals surface area (Å²) in [6, 6.07) is 9.10. The molecule has 0 atom stereocenters. The molecule has 1 aromatic heterocycles. The Bertz CT molecular complexity index is 911. The maximum atomic E-state index is 13.2. The summed E-state index contributed by atoms with van der Waals surface area (Å²) in [5.74, 6) is 0.649. The molecule has 1 saturated heterocycles. The van der Waals surface area contributed by atoms with Crippen LogP contribution in [-0.4, -0.2) is 70.2 Å². The molecule has 2 aliphatic heterocycles. The summed E-state index contributed by atoms with van der Waals surface area (Å²) in [5.41, 5.74) is 0.972. The predicted molar refractivity (Wildman–Crippen MR) is 109 cm³/mol. The van der Waals surface area contributed by atoms with E-state index in [2.05, 4.69) is 22.4 Å². The van der Waals surface area contributed by atoms with Gasteiger partial charge in [-0.15, -0.1) is 0 Å². The third-order valence-electron chi connectivity index (χ3n) is 5.82. The Morgan fingerprint density at radius 3 is 2.66 bits per heavy atom. The molecule has 8 heteroatoms. The van der Waals surface area contributed by atoms with Crippen molar-refractivity contribution in [1.29, 1.82) is 0 Å². The summed E-state index contributed by atoms with van der Waals surface area (Å²) in [6.45, 7) is 4.05. The Labute approximate surface area is 170 Å². The van der Waals surface area contributed by atoms with Gasteiger partial charge < -0.3 is 19.9 Å². The van der Waals surface area contributed by atoms with Gasteiger partial charge in [0.25, 0.3) is 5.91 Å². The van der Waals surface area contributed by atoms with Crippen LogP contribution >= 0.6 is 0 Å². The number of likely N-dealkylation sites (tertiary alicyclic amines) is 1. The molecule has 0 saturated carbocycles. The van der Waals surface area contributed by atoms with Crippen LogP contribution in [0.5, 0.6) is 5.75 Å². The Hall–Kier alpha value is -2.87. The highest BCUT2D eigenvalue weighted by Gasteiger charge is 2.42. The first-order valence-electron chi connectivity index (χ1n) is 9.92. The van der Waals surface area contributed by atoms with Crippen LogP contribution in [0.1, 0.15) is 28.9 Å². The van der Waals surface area contributed by atoms with Crippen LogP contribution < -0.4 is 10.1 Å². The van der Waals surface area contributed by atoms with Gasteiger partial charge in [-0.3, -0.25) is 14.3 Å². The maximum absolute atomic E-state index is 13.2. The third kappa shape index (κ3) is 3.98. The molecule has 3 heterocycles. The first-order valence-corrected chi connectivity index (χ1v) is 9.92. The Kier molecular flexibility index (Phi) is 5.04. The van der Waals surface area contributed by atoms with Gasteiger partial charge >= 0.3 is 0 Å². The van der Waals surface area contributed by atoms with Crippen molar-refractivity contribution in [3.05, 3.63) is 41.6 Å². The van der Waals surface area contributed by atoms with Crippen molar-refractivity contribution in [2.75, 3.05) is 38.5 Å². The number of rotatable bonds is 3. The predicted octanol–water partition coefficient (Wildman–Crippen LogP) is 1.67. The van der Waals surface area contributed by atoms with Crippen molar-refractivity contribution in [2.45, 2.75) is 25.4 Å². The number of nitrogens with zero attached hydrogens (tertiary/aromatic N) is 4. The van der Waals surface area contributed by atoms with Crippen molar-refractivity contribution < 1.29 is 14.3 Å². The van der Waals surface area contributed by atoms with Crippen LogP contribution in [0.2, 0.25) is 0 Å². The molecule has 1 N–H and O–H groups in total. The van der Waals surface area contributed by atoms with Gasteiger partial charge in [0, 0.05) is 44.7 Å². The highest BCUT2D eigenvalue weighted by atomic mass is 16.5. The molecule has 0 aliphatic carbocycles. The molecule has 0 radical (unpaired) electrons. The lowest BCUT2D eigenvalue weighted by Gasteiger charge is -2.41. The van der Waals surface area contributed by atoms with Crippen molar-refractivity contribution in [3.63, 3.8) is 0 Å². The minimum atomic E-state index is -0.476. The number of amides is 2. The molecule has 0 unspecified atom stereocenters. The van der Waals surface area contributed by atoms with Crippen molar-refractivity contribution in [2.24, 2.45) is 7.05 Å². The standard InChI is InChI=1S/C21H27N5O3/c1-15-12-18(23-25(15)3)22-19(27)13-26-14-21(8-10-24(2)11-9-21)29-17-7-5-4-6-16(17)20(26)28/h4-7,12H,8-11,13-14H2,1-3H3,(H,22,23,27). The summed E-state index contributed by atoms with van der Waals surface area (Å²) in [6.07, 6.45) is 1.62. The van der Waals surface area contributed by atoms with E-state index in [4.69, 9.17) is 4.74 Å². The van der Waals surface area contributed by atoms with Crippen molar-refractivity contribution in [1.82, 2.24) is 19.6 Å². The topological polar surface area (TPSA) is 79.7 Å². The summed E-state index contributed by atoms with van der Waals surface area (Å²) in [5, 5.41) is 7.06. The van der Waals surface area contributed by atoms with E-state index in [0.717, 1.165) is 31.6 Å². The number of carbonyl (C=O) groups is 2. The van der Waals surface area contributed by atoms with Crippen LogP contribution in [-0.2, 0) is 11.8 Å². The van der Waals surface area contributed by atoms with E-state index in [1.54, 1.807) is 21.7 Å². The number of nitrogens with one attached hydrogen (secondary N) is 1. The number of carbonyl (C=O) groups excluding carboxylic acids is 2. The number of fused-ring (bicyclic) bond motifs is 1. The van der Waals surface area contributed by atoms with Crippen LogP contribution in [0, 0.1) is 6.92 Å². The van der Waals surface area contributed by atoms with Gasteiger partial charge in [0.05, 0.1) is 12.1 Å². The molecule has 2 aromatic rings. The fourth-order valence-corrected chi connectivity index (χ4v) is 3.98. The Morgan fingerprint density at radius 1 is 1.24 bits per heavy atom. The zero-order chi connectivity index (χ0) is 20.6. The lowest BCUT2D eigenvalue weighted by molar-refractivity contribution is -0.117. The zero-order valence-corrected chi connectivity index (χ0v) is 17.1. The minimum absolute atomic E-state index is 0.0380. The SMILES string of the molecule is Cc1cc(NC(=O)CN2CC3(CCN(C)CC3)Oc3ccccc3C2=O)nn1C. The van der Waals surface area contributed by atoms with Gasteiger partial charge in [0.15, 0.2) is 5.82 Å². The number of hydrogen-bond donors (Lipinski definition) is 1. The lowest BCUT2D eigenvalue weighted by Crippen LogP contribution is -2.54. The molecule has 0 bridgehead atoms. The molecule has 2 aliphatic rings. The zero-order valence-electron chi connectivity index (χ0n) is 17.1. The number of para-hydroxylation sites is 1. The first kappa shape index (κ1) is 19.4. The van der Waals surface area contributed by atoms with Crippen LogP contribution in [0.15, 0.2) is 30.3 Å². The number of aromatic nitrogens is 2. The third-order valence-corrected chi connectivity index (χ3v) is 5.82. The van der Waals surface area contributed by atoms with E-state index < -0.39 is 5.60 Å². The molecule has 154 valence electrons. The first-order chi connectivity index (χ1) is 13.8. The Balaban J connectivity index is 1.57. The summed E-state index contributed by atoms with van der Waals surface area (Å²) < 4.78 is 8.12. The second kappa shape index (κ2) is 7.51. The molecule has 1 aromatic carbocycles. The number of piperidine rings is 1. The quantitative estimate of drug-likeness (QED) is 0.852. The Morgan fingerprint density at radius 2 is 1.97 bits per heavy atom. The summed E-state index contributed by atoms with van der Waals surface area (Å²) >= 11 is 0. The number of aryl methyl sites for hydroxylation is 2. The highest BCUT2D eigenvalue weighted by molar-refractivity contribution is 6.01. The fourth-order valence-electron chi connectivity index (χ4n) is 3.98. The molecular weight excluding hydrogens is 370 g/mol. The number of hydrogen-bond acceptors (Lipinski definition) is 5. The average Bonchev–Trinajstić information content (AvgIpc) is 2.94. The molecule has 4 rings (SSSR count). The highest BCUT2D eigenvalue weighted by Crippen LogP contribution is 2.35. The molecular formula is C21H27N5O3. The largest absolute Gasteiger partial charge is 0.484 e. The van der Waals surface area contributed by atoms with E-state index in [0.29, 0.717) is 23.7 Å². The average molecular weight is 397 g/mol.